The van der Waals surface area contributed by atoms with E-state index in [0.717, 1.165) is 18.7 Å². The molecule has 8 nitrogen and oxygen atoms in total. The Bertz CT molecular complexity index is 1540. The number of Topliss-reactive ketones (excluding diaryl/α,β-unsaturated/α-hetero) is 1. The zero-order valence-corrected chi connectivity index (χ0v) is 23.5. The van der Waals surface area contributed by atoms with Gasteiger partial charge in [-0.15, -0.1) is 0 Å². The van der Waals surface area contributed by atoms with E-state index in [4.69, 9.17) is 11.6 Å². The second-order valence-electron chi connectivity index (χ2n) is 10.2. The molecule has 224 valence electrons. The molecular formula is C28H27ClF5N5O3. The Hall–Kier alpha value is -3.84. The molecule has 0 aliphatic carbocycles. The number of nitrogens with one attached hydrogen (secondary N) is 2. The lowest BCUT2D eigenvalue weighted by atomic mass is 9.96. The number of aromatic nitrogens is 2. The van der Waals surface area contributed by atoms with Crippen LogP contribution in [0.3, 0.4) is 0 Å². The fraction of sp³-hybridized carbons (Fsp3) is 0.357. The maximum absolute atomic E-state index is 14.2. The van der Waals surface area contributed by atoms with Crippen molar-refractivity contribution in [3.63, 3.8) is 0 Å². The first-order chi connectivity index (χ1) is 19.6. The van der Waals surface area contributed by atoms with Gasteiger partial charge in [0, 0.05) is 29.1 Å². The van der Waals surface area contributed by atoms with E-state index in [-0.39, 0.29) is 46.6 Å². The van der Waals surface area contributed by atoms with E-state index in [1.165, 1.54) is 17.6 Å². The average Bonchev–Trinajstić information content (AvgIpc) is 3.46. The van der Waals surface area contributed by atoms with E-state index >= 15 is 0 Å². The number of nitrogens with zero attached hydrogens (tertiary/aromatic N) is 3. The Labute approximate surface area is 242 Å². The number of halogens is 6. The number of amides is 2. The summed E-state index contributed by atoms with van der Waals surface area (Å²) in [5.74, 6) is -5.57. The Morgan fingerprint density at radius 1 is 1.10 bits per heavy atom. The van der Waals surface area contributed by atoms with Crippen LogP contribution in [-0.2, 0) is 17.5 Å². The summed E-state index contributed by atoms with van der Waals surface area (Å²) in [4.78, 5) is 45.2. The monoisotopic (exact) mass is 611 g/mol. The largest absolute Gasteiger partial charge is 0.416 e. The molecular weight excluding hydrogens is 585 g/mol. The van der Waals surface area contributed by atoms with Gasteiger partial charge in [-0.25, -0.2) is 13.8 Å². The van der Waals surface area contributed by atoms with E-state index in [1.54, 1.807) is 6.92 Å². The first-order valence-electron chi connectivity index (χ1n) is 12.9. The second-order valence-corrected chi connectivity index (χ2v) is 10.7. The van der Waals surface area contributed by atoms with Crippen molar-refractivity contribution in [1.29, 1.82) is 0 Å². The summed E-state index contributed by atoms with van der Waals surface area (Å²) in [7, 11) is 1.88. The molecule has 0 saturated carbocycles. The number of benzene rings is 2. The molecule has 1 aromatic heterocycles. The Morgan fingerprint density at radius 3 is 2.43 bits per heavy atom. The quantitative estimate of drug-likeness (QED) is 0.339. The predicted octanol–water partition coefficient (Wildman–Crippen LogP) is 5.26. The number of rotatable bonds is 8. The summed E-state index contributed by atoms with van der Waals surface area (Å²) in [5.41, 5.74) is -1.75. The number of hydrogen-bond acceptors (Lipinski definition) is 5. The molecule has 2 heterocycles. The van der Waals surface area contributed by atoms with E-state index in [1.807, 2.05) is 11.9 Å². The fourth-order valence-electron chi connectivity index (χ4n) is 4.91. The number of carbonyl (C=O) groups is 3. The Kier molecular flexibility index (Phi) is 9.02. The first-order valence-corrected chi connectivity index (χ1v) is 13.2. The van der Waals surface area contributed by atoms with Crippen LogP contribution in [0.25, 0.3) is 0 Å². The van der Waals surface area contributed by atoms with Gasteiger partial charge in [0.25, 0.3) is 11.8 Å². The number of alkyl halides is 3. The molecule has 0 radical (unpaired) electrons. The van der Waals surface area contributed by atoms with Crippen molar-refractivity contribution in [3.8, 4) is 0 Å². The number of ketones is 1. The number of likely N-dealkylation sites (N-methyl/N-ethyl adjacent to an activating group) is 1. The van der Waals surface area contributed by atoms with Crippen molar-refractivity contribution >= 4 is 35.0 Å². The maximum Gasteiger partial charge on any atom is 0.416 e. The molecule has 2 amide bonds. The number of imidazole rings is 1. The Balaban J connectivity index is 1.84. The number of likely N-dealkylation sites (tertiary alicyclic amines) is 1. The lowest BCUT2D eigenvalue weighted by Crippen LogP contribution is -2.38. The molecule has 2 N–H and O–H groups in total. The predicted molar refractivity (Wildman–Crippen MR) is 145 cm³/mol. The SMILES string of the molecule is CC(=O)Cn1c(C(=O)N[C@@H]2CCN(C)C2)nc(NC(=O)c2cc(F)cc(C(F)(F)F)c2)c1[C@@H](C)c1cc(F)ccc1Cl. The molecule has 0 spiro atoms. The molecule has 4 rings (SSSR count). The van der Waals surface area contributed by atoms with Crippen LogP contribution in [0.2, 0.25) is 5.02 Å². The minimum atomic E-state index is -4.92. The summed E-state index contributed by atoms with van der Waals surface area (Å²) in [6, 6.07) is 4.70. The van der Waals surface area contributed by atoms with Gasteiger partial charge in [0.2, 0.25) is 5.82 Å². The third kappa shape index (κ3) is 6.96. The second kappa shape index (κ2) is 12.2. The van der Waals surface area contributed by atoms with Crippen molar-refractivity contribution in [2.75, 3.05) is 25.5 Å². The van der Waals surface area contributed by atoms with E-state index in [2.05, 4.69) is 15.6 Å². The lowest BCUT2D eigenvalue weighted by molar-refractivity contribution is -0.137. The van der Waals surface area contributed by atoms with Crippen molar-refractivity contribution in [3.05, 3.63) is 81.3 Å². The molecule has 0 unspecified atom stereocenters. The van der Waals surface area contributed by atoms with Crippen molar-refractivity contribution in [2.24, 2.45) is 0 Å². The van der Waals surface area contributed by atoms with E-state index in [9.17, 15) is 36.3 Å². The van der Waals surface area contributed by atoms with Crippen LogP contribution in [0, 0.1) is 11.6 Å². The van der Waals surface area contributed by atoms with Crippen LogP contribution in [0.15, 0.2) is 36.4 Å². The summed E-state index contributed by atoms with van der Waals surface area (Å²) < 4.78 is 69.4. The highest BCUT2D eigenvalue weighted by atomic mass is 35.5. The van der Waals surface area contributed by atoms with Gasteiger partial charge >= 0.3 is 6.18 Å². The minimum absolute atomic E-state index is 0.0622. The highest BCUT2D eigenvalue weighted by Gasteiger charge is 2.34. The lowest BCUT2D eigenvalue weighted by Gasteiger charge is -2.19. The maximum atomic E-state index is 14.2. The van der Waals surface area contributed by atoms with Crippen LogP contribution in [0.5, 0.6) is 0 Å². The van der Waals surface area contributed by atoms with Gasteiger partial charge in [-0.2, -0.15) is 13.2 Å². The van der Waals surface area contributed by atoms with Crippen LogP contribution >= 0.6 is 11.6 Å². The van der Waals surface area contributed by atoms with Crippen LogP contribution in [0.1, 0.15) is 64.0 Å². The molecule has 1 saturated heterocycles. The molecule has 0 bridgehead atoms. The molecule has 1 aliphatic heterocycles. The van der Waals surface area contributed by atoms with E-state index in [0.29, 0.717) is 25.1 Å². The Morgan fingerprint density at radius 2 is 1.81 bits per heavy atom. The van der Waals surface area contributed by atoms with Gasteiger partial charge in [0.15, 0.2) is 5.82 Å². The highest BCUT2D eigenvalue weighted by molar-refractivity contribution is 6.31. The van der Waals surface area contributed by atoms with Crippen molar-refractivity contribution < 1.29 is 36.3 Å². The minimum Gasteiger partial charge on any atom is -0.345 e. The summed E-state index contributed by atoms with van der Waals surface area (Å²) in [6.45, 7) is 3.76. The van der Waals surface area contributed by atoms with Gasteiger partial charge in [0.1, 0.15) is 17.4 Å². The fourth-order valence-corrected chi connectivity index (χ4v) is 5.19. The van der Waals surface area contributed by atoms with Gasteiger partial charge in [0.05, 0.1) is 17.8 Å². The number of anilines is 1. The molecule has 3 aromatic rings. The third-order valence-corrected chi connectivity index (χ3v) is 7.22. The number of hydrogen-bond donors (Lipinski definition) is 2. The standard InChI is InChI=1S/C28H27ClF5N5O3/c1-14(40)12-39-23(15(2)21-11-18(30)4-5-22(21)29)24(36-25(39)27(42)35-20-6-7-38(3)13-20)37-26(41)16-8-17(28(32,33)34)10-19(31)9-16/h4-5,8-11,15,20H,6-7,12-13H2,1-3H3,(H,35,42)(H,37,41)/t15-,20+/m0/s1. The van der Waals surface area contributed by atoms with Crippen LogP contribution in [-0.4, -0.2) is 58.2 Å². The first kappa shape index (κ1) is 31.1. The molecule has 14 heteroatoms. The topological polar surface area (TPSA) is 96.3 Å². The molecule has 2 aromatic carbocycles. The zero-order chi connectivity index (χ0) is 30.9. The highest BCUT2D eigenvalue weighted by Crippen LogP contribution is 2.36. The molecule has 1 aliphatic rings. The van der Waals surface area contributed by atoms with E-state index < -0.39 is 52.5 Å². The van der Waals surface area contributed by atoms with Gasteiger partial charge in [-0.3, -0.25) is 14.4 Å². The average molecular weight is 612 g/mol. The normalized spacial score (nSPS) is 16.4. The van der Waals surface area contributed by atoms with Gasteiger partial charge in [-0.1, -0.05) is 18.5 Å². The van der Waals surface area contributed by atoms with Crippen LogP contribution < -0.4 is 10.6 Å². The molecule has 42 heavy (non-hydrogen) atoms. The van der Waals surface area contributed by atoms with Gasteiger partial charge in [-0.05, 0) is 68.9 Å². The zero-order valence-electron chi connectivity index (χ0n) is 22.8. The smallest absolute Gasteiger partial charge is 0.345 e. The summed E-state index contributed by atoms with van der Waals surface area (Å²) in [5, 5.41) is 5.35. The summed E-state index contributed by atoms with van der Waals surface area (Å²) in [6.07, 6.45) is -4.27. The van der Waals surface area contributed by atoms with Gasteiger partial charge < -0.3 is 20.1 Å². The molecule has 2 atom stereocenters. The third-order valence-electron chi connectivity index (χ3n) is 6.87. The van der Waals surface area contributed by atoms with Crippen molar-refractivity contribution in [2.45, 2.75) is 44.9 Å². The molecule has 1 fully saturated rings. The van der Waals surface area contributed by atoms with Crippen LogP contribution in [0.4, 0.5) is 27.8 Å². The van der Waals surface area contributed by atoms with Crippen molar-refractivity contribution in [1.82, 2.24) is 19.8 Å². The number of carbonyl (C=O) groups excluding carboxylic acids is 3. The summed E-state index contributed by atoms with van der Waals surface area (Å²) >= 11 is 6.34.